The zero-order chi connectivity index (χ0) is 9.68. The number of benzene rings is 1. The number of carbonyl (C=O) groups excluding carboxylic acids is 1. The number of hydrogen-bond acceptors (Lipinski definition) is 3. The molecule has 0 fully saturated rings. The second kappa shape index (κ2) is 4.72. The number of aldehydes is 1. The van der Waals surface area contributed by atoms with Gasteiger partial charge in [-0.05, 0) is 17.7 Å². The van der Waals surface area contributed by atoms with Crippen LogP contribution in [-0.4, -0.2) is 17.1 Å². The summed E-state index contributed by atoms with van der Waals surface area (Å²) in [5, 5.41) is 9.19. The summed E-state index contributed by atoms with van der Waals surface area (Å²) in [7, 11) is 0. The summed E-state index contributed by atoms with van der Waals surface area (Å²) < 4.78 is 0. The Kier molecular flexibility index (Phi) is 3.58. The van der Waals surface area contributed by atoms with Gasteiger partial charge in [0, 0.05) is 5.75 Å². The average Bonchev–Trinajstić information content (AvgIpc) is 2.16. The van der Waals surface area contributed by atoms with Crippen LogP contribution in [0.3, 0.4) is 0 Å². The molecule has 0 spiro atoms. The lowest BCUT2D eigenvalue weighted by Crippen LogP contribution is -1.82. The maximum absolute atomic E-state index is 10.5. The van der Waals surface area contributed by atoms with Crippen LogP contribution in [0.25, 0.3) is 6.08 Å². The van der Waals surface area contributed by atoms with Crippen LogP contribution in [0, 0.1) is 0 Å². The molecule has 0 atom stereocenters. The quantitative estimate of drug-likeness (QED) is 0.571. The SMILES string of the molecule is O=Cc1cc(C=CCS)ccc1O. The lowest BCUT2D eigenvalue weighted by molar-refractivity contribution is 0.112. The Labute approximate surface area is 82.3 Å². The molecule has 0 unspecified atom stereocenters. The molecule has 2 nitrogen and oxygen atoms in total. The molecule has 0 amide bonds. The van der Waals surface area contributed by atoms with Crippen molar-refractivity contribution in [1.82, 2.24) is 0 Å². The molecule has 1 rings (SSSR count). The predicted molar refractivity (Wildman–Crippen MR) is 56.4 cm³/mol. The van der Waals surface area contributed by atoms with Crippen molar-refractivity contribution in [3.05, 3.63) is 35.4 Å². The Morgan fingerprint density at radius 2 is 2.23 bits per heavy atom. The molecule has 0 saturated carbocycles. The van der Waals surface area contributed by atoms with E-state index in [4.69, 9.17) is 0 Å². The summed E-state index contributed by atoms with van der Waals surface area (Å²) >= 11 is 4.01. The van der Waals surface area contributed by atoms with Gasteiger partial charge < -0.3 is 5.11 Å². The van der Waals surface area contributed by atoms with Gasteiger partial charge in [0.15, 0.2) is 6.29 Å². The highest BCUT2D eigenvalue weighted by atomic mass is 32.1. The monoisotopic (exact) mass is 194 g/mol. The van der Waals surface area contributed by atoms with Crippen LogP contribution in [0.4, 0.5) is 0 Å². The van der Waals surface area contributed by atoms with Gasteiger partial charge in [-0.15, -0.1) is 0 Å². The molecular weight excluding hydrogens is 184 g/mol. The third-order valence-electron chi connectivity index (χ3n) is 1.59. The number of thiol groups is 1. The van der Waals surface area contributed by atoms with E-state index in [1.54, 1.807) is 12.1 Å². The first-order valence-electron chi connectivity index (χ1n) is 3.83. The van der Waals surface area contributed by atoms with E-state index in [1.165, 1.54) is 6.07 Å². The first-order valence-corrected chi connectivity index (χ1v) is 4.46. The highest BCUT2D eigenvalue weighted by Crippen LogP contribution is 2.17. The first-order chi connectivity index (χ1) is 6.27. The highest BCUT2D eigenvalue weighted by molar-refractivity contribution is 7.80. The lowest BCUT2D eigenvalue weighted by atomic mass is 10.1. The van der Waals surface area contributed by atoms with Crippen molar-refractivity contribution in [2.45, 2.75) is 0 Å². The summed E-state index contributed by atoms with van der Waals surface area (Å²) in [5.41, 5.74) is 1.19. The van der Waals surface area contributed by atoms with Crippen molar-refractivity contribution in [3.63, 3.8) is 0 Å². The van der Waals surface area contributed by atoms with Crippen molar-refractivity contribution in [3.8, 4) is 5.75 Å². The van der Waals surface area contributed by atoms with Gasteiger partial charge in [-0.3, -0.25) is 4.79 Å². The van der Waals surface area contributed by atoms with E-state index in [2.05, 4.69) is 12.6 Å². The normalized spacial score (nSPS) is 10.5. The number of rotatable bonds is 3. The van der Waals surface area contributed by atoms with Crippen LogP contribution in [0.2, 0.25) is 0 Å². The van der Waals surface area contributed by atoms with Crippen LogP contribution in [0.5, 0.6) is 5.75 Å². The minimum Gasteiger partial charge on any atom is -0.507 e. The van der Waals surface area contributed by atoms with Crippen LogP contribution in [0.1, 0.15) is 15.9 Å². The molecule has 0 radical (unpaired) electrons. The molecule has 0 aromatic heterocycles. The number of hydrogen-bond donors (Lipinski definition) is 2. The smallest absolute Gasteiger partial charge is 0.153 e. The summed E-state index contributed by atoms with van der Waals surface area (Å²) in [6.45, 7) is 0. The highest BCUT2D eigenvalue weighted by Gasteiger charge is 1.98. The predicted octanol–water partition coefficient (Wildman–Crippen LogP) is 2.15. The van der Waals surface area contributed by atoms with Gasteiger partial charge in [-0.25, -0.2) is 0 Å². The molecule has 0 heterocycles. The van der Waals surface area contributed by atoms with Gasteiger partial charge in [0.1, 0.15) is 5.75 Å². The molecule has 68 valence electrons. The van der Waals surface area contributed by atoms with Crippen molar-refractivity contribution < 1.29 is 9.90 Å². The standard InChI is InChI=1S/C10H10O2S/c11-7-9-6-8(2-1-5-13)3-4-10(9)12/h1-4,6-7,12-13H,5H2. The van der Waals surface area contributed by atoms with Crippen LogP contribution in [-0.2, 0) is 0 Å². The second-order valence-corrected chi connectivity index (χ2v) is 2.89. The van der Waals surface area contributed by atoms with Gasteiger partial charge >= 0.3 is 0 Å². The molecule has 1 N–H and O–H groups in total. The van der Waals surface area contributed by atoms with Crippen molar-refractivity contribution >= 4 is 25.0 Å². The van der Waals surface area contributed by atoms with E-state index in [-0.39, 0.29) is 5.75 Å². The van der Waals surface area contributed by atoms with Gasteiger partial charge in [-0.2, -0.15) is 12.6 Å². The fourth-order valence-corrected chi connectivity index (χ4v) is 1.07. The van der Waals surface area contributed by atoms with E-state index in [9.17, 15) is 9.90 Å². The Morgan fingerprint density at radius 1 is 1.46 bits per heavy atom. The molecule has 0 aliphatic rings. The summed E-state index contributed by atoms with van der Waals surface area (Å²) in [4.78, 5) is 10.5. The van der Waals surface area contributed by atoms with E-state index < -0.39 is 0 Å². The maximum atomic E-state index is 10.5. The number of phenols is 1. The molecule has 3 heteroatoms. The molecule has 0 saturated heterocycles. The van der Waals surface area contributed by atoms with E-state index in [0.717, 1.165) is 5.56 Å². The van der Waals surface area contributed by atoms with Crippen molar-refractivity contribution in [2.75, 3.05) is 5.75 Å². The molecule has 13 heavy (non-hydrogen) atoms. The van der Waals surface area contributed by atoms with E-state index in [1.807, 2.05) is 12.2 Å². The van der Waals surface area contributed by atoms with Crippen molar-refractivity contribution in [1.29, 1.82) is 0 Å². The summed E-state index contributed by atoms with van der Waals surface area (Å²) in [6, 6.07) is 4.87. The minimum absolute atomic E-state index is 0.0121. The first kappa shape index (κ1) is 9.86. The lowest BCUT2D eigenvalue weighted by Gasteiger charge is -1.98. The minimum atomic E-state index is 0.0121. The zero-order valence-electron chi connectivity index (χ0n) is 6.97. The number of aromatic hydroxyl groups is 1. The fraction of sp³-hybridized carbons (Fsp3) is 0.100. The molecule has 0 bridgehead atoms. The van der Waals surface area contributed by atoms with Gasteiger partial charge in [0.05, 0.1) is 5.56 Å². The molecular formula is C10H10O2S. The Balaban J connectivity index is 2.99. The maximum Gasteiger partial charge on any atom is 0.153 e. The molecule has 0 aliphatic heterocycles. The Bertz CT molecular complexity index is 332. The number of phenolic OH excluding ortho intramolecular Hbond substituents is 1. The van der Waals surface area contributed by atoms with Gasteiger partial charge in [0.2, 0.25) is 0 Å². The topological polar surface area (TPSA) is 37.3 Å². The van der Waals surface area contributed by atoms with Gasteiger partial charge in [-0.1, -0.05) is 18.2 Å². The van der Waals surface area contributed by atoms with Crippen LogP contribution in [0.15, 0.2) is 24.3 Å². The third kappa shape index (κ3) is 2.63. The third-order valence-corrected chi connectivity index (χ3v) is 1.81. The largest absolute Gasteiger partial charge is 0.507 e. The van der Waals surface area contributed by atoms with Crippen molar-refractivity contribution in [2.24, 2.45) is 0 Å². The molecule has 1 aromatic carbocycles. The zero-order valence-corrected chi connectivity index (χ0v) is 7.87. The average molecular weight is 194 g/mol. The summed E-state index contributed by atoms with van der Waals surface area (Å²) in [5.74, 6) is 0.662. The Morgan fingerprint density at radius 3 is 2.85 bits per heavy atom. The summed E-state index contributed by atoms with van der Waals surface area (Å²) in [6.07, 6.45) is 4.34. The van der Waals surface area contributed by atoms with Crippen LogP contribution >= 0.6 is 12.6 Å². The van der Waals surface area contributed by atoms with E-state index in [0.29, 0.717) is 17.6 Å². The molecule has 0 aliphatic carbocycles. The van der Waals surface area contributed by atoms with Gasteiger partial charge in [0.25, 0.3) is 0 Å². The number of carbonyl (C=O) groups is 1. The molecule has 1 aromatic rings. The van der Waals surface area contributed by atoms with Crippen LogP contribution < -0.4 is 0 Å². The fourth-order valence-electron chi connectivity index (χ4n) is 0.960. The Hall–Kier alpha value is -1.22. The van der Waals surface area contributed by atoms with E-state index >= 15 is 0 Å². The second-order valence-electron chi connectivity index (χ2n) is 2.52.